The van der Waals surface area contributed by atoms with E-state index in [2.05, 4.69) is 32.8 Å². The van der Waals surface area contributed by atoms with Crippen LogP contribution in [0.4, 0.5) is 0 Å². The first-order valence-electron chi connectivity index (χ1n) is 9.68. The van der Waals surface area contributed by atoms with Gasteiger partial charge in [0.05, 0.1) is 18.5 Å². The molecule has 0 radical (unpaired) electrons. The molecule has 0 saturated carbocycles. The Labute approximate surface area is 160 Å². The zero-order valence-corrected chi connectivity index (χ0v) is 16.7. The topological polar surface area (TPSA) is 50.2 Å². The second-order valence-electron chi connectivity index (χ2n) is 7.28. The lowest BCUT2D eigenvalue weighted by Crippen LogP contribution is -2.40. The summed E-state index contributed by atoms with van der Waals surface area (Å²) < 4.78 is 1.90. The number of rotatable bonds is 7. The van der Waals surface area contributed by atoms with Gasteiger partial charge in [0.1, 0.15) is 0 Å². The zero-order valence-electron chi connectivity index (χ0n) is 15.9. The van der Waals surface area contributed by atoms with Crippen molar-refractivity contribution in [2.24, 2.45) is 5.92 Å². The maximum absolute atomic E-state index is 12.6. The largest absolute Gasteiger partial charge is 0.354 e. The fourth-order valence-electron chi connectivity index (χ4n) is 3.60. The minimum Gasteiger partial charge on any atom is -0.354 e. The Morgan fingerprint density at radius 2 is 2.04 bits per heavy atom. The summed E-state index contributed by atoms with van der Waals surface area (Å²) in [4.78, 5) is 16.5. The fraction of sp³-hybridized carbons (Fsp3) is 0.600. The third kappa shape index (κ3) is 4.95. The van der Waals surface area contributed by atoms with Crippen LogP contribution >= 0.6 is 11.3 Å². The van der Waals surface area contributed by atoms with Crippen LogP contribution in [0.15, 0.2) is 29.8 Å². The molecule has 1 N–H and O–H groups in total. The van der Waals surface area contributed by atoms with E-state index >= 15 is 0 Å². The van der Waals surface area contributed by atoms with Crippen molar-refractivity contribution in [3.05, 3.63) is 40.3 Å². The van der Waals surface area contributed by atoms with Crippen molar-refractivity contribution in [2.45, 2.75) is 52.1 Å². The second-order valence-corrected chi connectivity index (χ2v) is 8.26. The Balaban J connectivity index is 1.59. The van der Waals surface area contributed by atoms with Crippen LogP contribution in [-0.4, -0.2) is 40.2 Å². The number of thiophene rings is 1. The quantitative estimate of drug-likeness (QED) is 0.805. The molecule has 142 valence electrons. The van der Waals surface area contributed by atoms with Crippen molar-refractivity contribution in [3.8, 4) is 0 Å². The number of likely N-dealkylation sites (tertiary alicyclic amines) is 1. The normalized spacial score (nSPS) is 18.2. The van der Waals surface area contributed by atoms with Crippen LogP contribution < -0.4 is 5.32 Å². The number of nitrogens with zero attached hydrogens (tertiary/aromatic N) is 3. The number of hydrogen-bond donors (Lipinski definition) is 1. The fourth-order valence-corrected chi connectivity index (χ4v) is 4.46. The molecule has 2 aromatic rings. The standard InChI is InChI=1S/C20H30N4OS/c1-16(15-24-17(2)9-10-22-24)20(25)21-14-18(19-8-7-13-26-19)23-11-5-3-4-6-12-23/h7-10,13,16,18H,3-6,11-12,14-15H2,1-2H3,(H,21,25)/t16-,18-/m0/s1. The first kappa shape index (κ1) is 19.1. The van der Waals surface area contributed by atoms with Crippen LogP contribution in [0.3, 0.4) is 0 Å². The summed E-state index contributed by atoms with van der Waals surface area (Å²) in [6.45, 7) is 7.55. The molecule has 6 heteroatoms. The van der Waals surface area contributed by atoms with Crippen molar-refractivity contribution in [2.75, 3.05) is 19.6 Å². The lowest BCUT2D eigenvalue weighted by molar-refractivity contribution is -0.125. The van der Waals surface area contributed by atoms with Crippen molar-refractivity contribution in [1.82, 2.24) is 20.0 Å². The van der Waals surface area contributed by atoms with E-state index in [9.17, 15) is 4.79 Å². The van der Waals surface area contributed by atoms with Gasteiger partial charge in [-0.15, -0.1) is 11.3 Å². The summed E-state index contributed by atoms with van der Waals surface area (Å²) in [7, 11) is 0. The van der Waals surface area contributed by atoms with Gasteiger partial charge in [-0.25, -0.2) is 0 Å². The number of nitrogens with one attached hydrogen (secondary N) is 1. The number of carbonyl (C=O) groups is 1. The van der Waals surface area contributed by atoms with Gasteiger partial charge in [0, 0.05) is 23.3 Å². The highest BCUT2D eigenvalue weighted by molar-refractivity contribution is 7.10. The molecule has 1 saturated heterocycles. The molecule has 3 rings (SSSR count). The van der Waals surface area contributed by atoms with Gasteiger partial charge in [0.2, 0.25) is 5.91 Å². The van der Waals surface area contributed by atoms with E-state index in [1.54, 1.807) is 17.5 Å². The second kappa shape index (κ2) is 9.33. The Bertz CT molecular complexity index is 674. The van der Waals surface area contributed by atoms with Gasteiger partial charge in [-0.3, -0.25) is 14.4 Å². The molecule has 0 unspecified atom stereocenters. The van der Waals surface area contributed by atoms with Crippen LogP contribution in [0.1, 0.15) is 49.2 Å². The SMILES string of the molecule is Cc1ccnn1C[C@H](C)C(=O)NC[C@@H](c1cccs1)N1CCCCCC1. The van der Waals surface area contributed by atoms with Crippen LogP contribution in [-0.2, 0) is 11.3 Å². The van der Waals surface area contributed by atoms with Gasteiger partial charge in [0.25, 0.3) is 0 Å². The molecule has 0 spiro atoms. The molecule has 0 aliphatic carbocycles. The molecule has 0 bridgehead atoms. The highest BCUT2D eigenvalue weighted by Gasteiger charge is 2.24. The van der Waals surface area contributed by atoms with E-state index < -0.39 is 0 Å². The van der Waals surface area contributed by atoms with Gasteiger partial charge in [-0.2, -0.15) is 5.10 Å². The zero-order chi connectivity index (χ0) is 18.4. The van der Waals surface area contributed by atoms with Crippen molar-refractivity contribution in [3.63, 3.8) is 0 Å². The summed E-state index contributed by atoms with van der Waals surface area (Å²) in [5.41, 5.74) is 1.09. The number of carbonyl (C=O) groups excluding carboxylic acids is 1. The monoisotopic (exact) mass is 374 g/mol. The molecule has 0 aromatic carbocycles. The lowest BCUT2D eigenvalue weighted by Gasteiger charge is -2.30. The van der Waals surface area contributed by atoms with E-state index in [1.807, 2.05) is 24.6 Å². The highest BCUT2D eigenvalue weighted by atomic mass is 32.1. The van der Waals surface area contributed by atoms with Gasteiger partial charge < -0.3 is 5.32 Å². The first-order valence-corrected chi connectivity index (χ1v) is 10.6. The third-order valence-corrected chi connectivity index (χ3v) is 6.22. The van der Waals surface area contributed by atoms with E-state index in [4.69, 9.17) is 0 Å². The summed E-state index contributed by atoms with van der Waals surface area (Å²) in [5.74, 6) is 0.0120. The van der Waals surface area contributed by atoms with E-state index in [0.717, 1.165) is 18.8 Å². The summed E-state index contributed by atoms with van der Waals surface area (Å²) in [6.07, 6.45) is 6.93. The highest BCUT2D eigenvalue weighted by Crippen LogP contribution is 2.27. The minimum absolute atomic E-state index is 0.0956. The minimum atomic E-state index is -0.0956. The molecule has 2 aromatic heterocycles. The van der Waals surface area contributed by atoms with Gasteiger partial charge in [-0.05, 0) is 50.4 Å². The Morgan fingerprint density at radius 3 is 2.65 bits per heavy atom. The average molecular weight is 375 g/mol. The number of hydrogen-bond acceptors (Lipinski definition) is 4. The molecular formula is C20H30N4OS. The van der Waals surface area contributed by atoms with Gasteiger partial charge >= 0.3 is 0 Å². The predicted octanol–water partition coefficient (Wildman–Crippen LogP) is 3.62. The number of amides is 1. The smallest absolute Gasteiger partial charge is 0.224 e. The van der Waals surface area contributed by atoms with Crippen molar-refractivity contribution in [1.29, 1.82) is 0 Å². The molecule has 1 fully saturated rings. The molecule has 5 nitrogen and oxygen atoms in total. The molecule has 3 heterocycles. The van der Waals surface area contributed by atoms with E-state index in [-0.39, 0.29) is 17.9 Å². The van der Waals surface area contributed by atoms with Crippen LogP contribution in [0.5, 0.6) is 0 Å². The molecular weight excluding hydrogens is 344 g/mol. The van der Waals surface area contributed by atoms with E-state index in [0.29, 0.717) is 13.1 Å². The van der Waals surface area contributed by atoms with Gasteiger partial charge in [-0.1, -0.05) is 25.8 Å². The third-order valence-electron chi connectivity index (χ3n) is 5.25. The molecule has 26 heavy (non-hydrogen) atoms. The number of aryl methyl sites for hydroxylation is 1. The van der Waals surface area contributed by atoms with E-state index in [1.165, 1.54) is 30.6 Å². The molecule has 2 atom stereocenters. The maximum atomic E-state index is 12.6. The Hall–Kier alpha value is -1.66. The van der Waals surface area contributed by atoms with Crippen LogP contribution in [0.25, 0.3) is 0 Å². The summed E-state index contributed by atoms with van der Waals surface area (Å²) in [6, 6.07) is 6.56. The van der Waals surface area contributed by atoms with Crippen LogP contribution in [0, 0.1) is 12.8 Å². The summed E-state index contributed by atoms with van der Waals surface area (Å²) in [5, 5.41) is 9.62. The predicted molar refractivity (Wildman–Crippen MR) is 106 cm³/mol. The maximum Gasteiger partial charge on any atom is 0.224 e. The summed E-state index contributed by atoms with van der Waals surface area (Å²) >= 11 is 1.79. The van der Waals surface area contributed by atoms with Crippen molar-refractivity contribution < 1.29 is 4.79 Å². The Morgan fingerprint density at radius 1 is 1.27 bits per heavy atom. The first-order chi connectivity index (χ1) is 12.6. The molecule has 1 aliphatic rings. The van der Waals surface area contributed by atoms with Crippen LogP contribution in [0.2, 0.25) is 0 Å². The number of aromatic nitrogens is 2. The molecule has 1 aliphatic heterocycles. The van der Waals surface area contributed by atoms with Gasteiger partial charge in [0.15, 0.2) is 0 Å². The average Bonchev–Trinajstić information content (AvgIpc) is 3.22. The lowest BCUT2D eigenvalue weighted by atomic mass is 10.1. The van der Waals surface area contributed by atoms with Crippen molar-refractivity contribution >= 4 is 17.2 Å². The molecule has 1 amide bonds. The Kier molecular flexibility index (Phi) is 6.86.